The van der Waals surface area contributed by atoms with Crippen molar-refractivity contribution in [2.45, 2.75) is 39.8 Å². The third-order valence-corrected chi connectivity index (χ3v) is 3.77. The fourth-order valence-electron chi connectivity index (χ4n) is 1.53. The number of carboxylic acid groups (broad SMARTS) is 1. The lowest BCUT2D eigenvalue weighted by molar-refractivity contribution is -0.140. The van der Waals surface area contributed by atoms with E-state index >= 15 is 0 Å². The standard InChI is InChI=1S/C12H19N3O3S/c1-4-7(2)10(11(16)17)15-12(18)14-6-9-5-13-8(3)19-9/h5,7,10H,4,6H2,1-3H3,(H,16,17)(H2,14,15,18)/t7-,10-/m0/s1. The molecule has 1 rings (SSSR count). The second-order valence-corrected chi connectivity index (χ2v) is 5.69. The van der Waals surface area contributed by atoms with E-state index in [-0.39, 0.29) is 5.92 Å². The van der Waals surface area contributed by atoms with Gasteiger partial charge in [0.2, 0.25) is 0 Å². The van der Waals surface area contributed by atoms with Crippen LogP contribution in [0.1, 0.15) is 30.2 Å². The number of aliphatic carboxylic acids is 1. The molecule has 0 aliphatic rings. The largest absolute Gasteiger partial charge is 0.480 e. The highest BCUT2D eigenvalue weighted by Crippen LogP contribution is 2.11. The van der Waals surface area contributed by atoms with E-state index in [1.54, 1.807) is 13.1 Å². The molecule has 2 amide bonds. The van der Waals surface area contributed by atoms with E-state index in [9.17, 15) is 9.59 Å². The molecule has 0 aromatic carbocycles. The molecule has 19 heavy (non-hydrogen) atoms. The zero-order valence-electron chi connectivity index (χ0n) is 11.3. The molecule has 0 bridgehead atoms. The van der Waals surface area contributed by atoms with Gasteiger partial charge in [0.15, 0.2) is 0 Å². The number of nitrogens with zero attached hydrogens (tertiary/aromatic N) is 1. The number of amides is 2. The van der Waals surface area contributed by atoms with Crippen molar-refractivity contribution in [1.29, 1.82) is 0 Å². The molecule has 0 spiro atoms. The molecule has 0 fully saturated rings. The lowest BCUT2D eigenvalue weighted by Gasteiger charge is -2.20. The molecule has 0 saturated heterocycles. The first-order valence-corrected chi connectivity index (χ1v) is 6.94. The van der Waals surface area contributed by atoms with E-state index < -0.39 is 18.0 Å². The molecule has 0 saturated carbocycles. The van der Waals surface area contributed by atoms with E-state index in [4.69, 9.17) is 5.11 Å². The molecule has 1 heterocycles. The Labute approximate surface area is 116 Å². The lowest BCUT2D eigenvalue weighted by atomic mass is 9.99. The third-order valence-electron chi connectivity index (χ3n) is 2.86. The number of aryl methyl sites for hydroxylation is 1. The van der Waals surface area contributed by atoms with E-state index in [1.165, 1.54) is 11.3 Å². The van der Waals surface area contributed by atoms with Crippen molar-refractivity contribution in [2.24, 2.45) is 5.92 Å². The quantitative estimate of drug-likeness (QED) is 0.742. The molecule has 7 heteroatoms. The van der Waals surface area contributed by atoms with Crippen LogP contribution in [0.2, 0.25) is 0 Å². The fraction of sp³-hybridized carbons (Fsp3) is 0.583. The van der Waals surface area contributed by atoms with Crippen LogP contribution in [0.3, 0.4) is 0 Å². The second kappa shape index (κ2) is 7.08. The number of carbonyl (C=O) groups excluding carboxylic acids is 1. The Balaban J connectivity index is 2.46. The van der Waals surface area contributed by atoms with Crippen LogP contribution < -0.4 is 10.6 Å². The lowest BCUT2D eigenvalue weighted by Crippen LogP contribution is -2.48. The SMILES string of the molecule is CC[C@H](C)[C@H](NC(=O)NCc1cnc(C)s1)C(=O)O. The van der Waals surface area contributed by atoms with Gasteiger partial charge in [-0.25, -0.2) is 14.6 Å². The Morgan fingerprint density at radius 2 is 2.21 bits per heavy atom. The molecule has 6 nitrogen and oxygen atoms in total. The van der Waals surface area contributed by atoms with Crippen LogP contribution in [0.25, 0.3) is 0 Å². The number of hydrogen-bond acceptors (Lipinski definition) is 4. The highest BCUT2D eigenvalue weighted by molar-refractivity contribution is 7.11. The molecular formula is C12H19N3O3S. The van der Waals surface area contributed by atoms with E-state index in [2.05, 4.69) is 15.6 Å². The smallest absolute Gasteiger partial charge is 0.326 e. The summed E-state index contributed by atoms with van der Waals surface area (Å²) in [5.74, 6) is -1.13. The summed E-state index contributed by atoms with van der Waals surface area (Å²) < 4.78 is 0. The second-order valence-electron chi connectivity index (χ2n) is 4.37. The summed E-state index contributed by atoms with van der Waals surface area (Å²) in [6, 6.07) is -1.34. The predicted octanol–water partition coefficient (Wildman–Crippen LogP) is 1.75. The number of thiazole rings is 1. The van der Waals surface area contributed by atoms with E-state index in [0.717, 1.165) is 9.88 Å². The Bertz CT molecular complexity index is 447. The minimum Gasteiger partial charge on any atom is -0.480 e. The molecular weight excluding hydrogens is 266 g/mol. The van der Waals surface area contributed by atoms with Crippen LogP contribution in [0.4, 0.5) is 4.79 Å². The fourth-order valence-corrected chi connectivity index (χ4v) is 2.26. The maximum atomic E-state index is 11.7. The summed E-state index contributed by atoms with van der Waals surface area (Å²) in [6.07, 6.45) is 2.38. The Morgan fingerprint density at radius 3 is 2.68 bits per heavy atom. The molecule has 3 N–H and O–H groups in total. The zero-order valence-corrected chi connectivity index (χ0v) is 12.1. The maximum absolute atomic E-state index is 11.7. The summed E-state index contributed by atoms with van der Waals surface area (Å²) in [6.45, 7) is 5.92. The molecule has 0 aliphatic carbocycles. The van der Waals surface area contributed by atoms with Gasteiger partial charge < -0.3 is 15.7 Å². The molecule has 1 aromatic rings. The monoisotopic (exact) mass is 285 g/mol. The van der Waals surface area contributed by atoms with Crippen LogP contribution in [-0.4, -0.2) is 28.1 Å². The van der Waals surface area contributed by atoms with Crippen molar-refractivity contribution in [2.75, 3.05) is 0 Å². The minimum absolute atomic E-state index is 0.117. The van der Waals surface area contributed by atoms with Crippen LogP contribution in [0.15, 0.2) is 6.20 Å². The Kier molecular flexibility index (Phi) is 5.75. The van der Waals surface area contributed by atoms with Gasteiger partial charge in [0, 0.05) is 11.1 Å². The Hall–Kier alpha value is -1.63. The van der Waals surface area contributed by atoms with Crippen molar-refractivity contribution in [3.05, 3.63) is 16.1 Å². The van der Waals surface area contributed by atoms with Crippen molar-refractivity contribution >= 4 is 23.3 Å². The van der Waals surface area contributed by atoms with Gasteiger partial charge in [-0.05, 0) is 12.8 Å². The van der Waals surface area contributed by atoms with Crippen molar-refractivity contribution in [3.8, 4) is 0 Å². The van der Waals surface area contributed by atoms with Gasteiger partial charge in [0.1, 0.15) is 6.04 Å². The summed E-state index contributed by atoms with van der Waals surface area (Å²) >= 11 is 1.50. The predicted molar refractivity (Wildman–Crippen MR) is 73.1 cm³/mol. The third kappa shape index (κ3) is 4.86. The number of nitrogens with one attached hydrogen (secondary N) is 2. The van der Waals surface area contributed by atoms with Crippen LogP contribution in [0.5, 0.6) is 0 Å². The first kappa shape index (κ1) is 15.4. The Morgan fingerprint density at radius 1 is 1.53 bits per heavy atom. The van der Waals surface area contributed by atoms with Gasteiger partial charge in [-0.2, -0.15) is 0 Å². The summed E-state index contributed by atoms with van der Waals surface area (Å²) in [5.41, 5.74) is 0. The zero-order chi connectivity index (χ0) is 14.4. The highest BCUT2D eigenvalue weighted by Gasteiger charge is 2.25. The number of rotatable bonds is 6. The minimum atomic E-state index is -1.02. The number of carboxylic acids is 1. The van der Waals surface area contributed by atoms with Gasteiger partial charge >= 0.3 is 12.0 Å². The van der Waals surface area contributed by atoms with Crippen molar-refractivity contribution < 1.29 is 14.7 Å². The topological polar surface area (TPSA) is 91.3 Å². The first-order valence-electron chi connectivity index (χ1n) is 6.12. The number of aromatic nitrogens is 1. The molecule has 0 aliphatic heterocycles. The van der Waals surface area contributed by atoms with Crippen LogP contribution in [-0.2, 0) is 11.3 Å². The maximum Gasteiger partial charge on any atom is 0.326 e. The van der Waals surface area contributed by atoms with Crippen molar-refractivity contribution in [1.82, 2.24) is 15.6 Å². The van der Waals surface area contributed by atoms with Gasteiger partial charge in [0.05, 0.1) is 11.6 Å². The molecule has 106 valence electrons. The average Bonchev–Trinajstić information content (AvgIpc) is 2.78. The highest BCUT2D eigenvalue weighted by atomic mass is 32.1. The van der Waals surface area contributed by atoms with Gasteiger partial charge in [-0.15, -0.1) is 11.3 Å². The molecule has 1 aromatic heterocycles. The van der Waals surface area contributed by atoms with E-state index in [0.29, 0.717) is 13.0 Å². The number of carbonyl (C=O) groups is 2. The van der Waals surface area contributed by atoms with Gasteiger partial charge in [-0.3, -0.25) is 0 Å². The number of urea groups is 1. The summed E-state index contributed by atoms with van der Waals surface area (Å²) in [7, 11) is 0. The number of hydrogen-bond donors (Lipinski definition) is 3. The van der Waals surface area contributed by atoms with Gasteiger partial charge in [-0.1, -0.05) is 20.3 Å². The van der Waals surface area contributed by atoms with Gasteiger partial charge in [0.25, 0.3) is 0 Å². The summed E-state index contributed by atoms with van der Waals surface area (Å²) in [4.78, 5) is 27.7. The van der Waals surface area contributed by atoms with Crippen molar-refractivity contribution in [3.63, 3.8) is 0 Å². The van der Waals surface area contributed by atoms with Crippen LogP contribution in [0, 0.1) is 12.8 Å². The average molecular weight is 285 g/mol. The first-order chi connectivity index (χ1) is 8.93. The summed E-state index contributed by atoms with van der Waals surface area (Å²) in [5, 5.41) is 15.1. The molecule has 0 radical (unpaired) electrons. The normalized spacial score (nSPS) is 13.6. The molecule has 0 unspecified atom stereocenters. The van der Waals surface area contributed by atoms with Crippen LogP contribution >= 0.6 is 11.3 Å². The molecule has 2 atom stereocenters. The van der Waals surface area contributed by atoms with E-state index in [1.807, 2.05) is 13.8 Å².